The third-order valence-corrected chi connectivity index (χ3v) is 4.80. The molecule has 27 heavy (non-hydrogen) atoms. The van der Waals surface area contributed by atoms with Crippen LogP contribution in [0.15, 0.2) is 48.5 Å². The molecule has 5 nitrogen and oxygen atoms in total. The van der Waals surface area contributed by atoms with Gasteiger partial charge in [0.15, 0.2) is 6.10 Å². The van der Waals surface area contributed by atoms with Gasteiger partial charge in [-0.25, -0.2) is 0 Å². The topological polar surface area (TPSA) is 50.8 Å². The summed E-state index contributed by atoms with van der Waals surface area (Å²) in [6.07, 6.45) is 1.69. The Bertz CT molecular complexity index is 758. The number of carbonyl (C=O) groups is 1. The number of amides is 1. The van der Waals surface area contributed by atoms with Gasteiger partial charge in [0.25, 0.3) is 5.91 Å². The molecule has 2 aromatic carbocycles. The van der Waals surface area contributed by atoms with Crippen LogP contribution in [-0.4, -0.2) is 43.2 Å². The van der Waals surface area contributed by atoms with Crippen LogP contribution in [0.25, 0.3) is 0 Å². The monoisotopic (exact) mass is 388 g/mol. The van der Waals surface area contributed by atoms with E-state index in [1.54, 1.807) is 31.2 Å². The highest BCUT2D eigenvalue weighted by Crippen LogP contribution is 2.22. The summed E-state index contributed by atoms with van der Waals surface area (Å²) in [5.41, 5.74) is 0.706. The number of halogens is 1. The molecule has 0 radical (unpaired) electrons. The predicted octanol–water partition coefficient (Wildman–Crippen LogP) is 4.22. The molecule has 144 valence electrons. The third kappa shape index (κ3) is 5.88. The summed E-state index contributed by atoms with van der Waals surface area (Å²) in [5, 5.41) is 3.42. The van der Waals surface area contributed by atoms with Gasteiger partial charge in [-0.15, -0.1) is 0 Å². The number of benzene rings is 2. The van der Waals surface area contributed by atoms with Crippen LogP contribution in [0.3, 0.4) is 0 Å². The maximum absolute atomic E-state index is 12.3. The fourth-order valence-corrected chi connectivity index (χ4v) is 3.13. The fourth-order valence-electron chi connectivity index (χ4n) is 2.95. The summed E-state index contributed by atoms with van der Waals surface area (Å²) in [5.74, 6) is 1.16. The highest BCUT2D eigenvalue weighted by atomic mass is 35.5. The molecule has 1 aliphatic rings. The second-order valence-corrected chi connectivity index (χ2v) is 7.29. The second-order valence-electron chi connectivity index (χ2n) is 6.85. The number of nitrogens with one attached hydrogen (secondary N) is 1. The first-order chi connectivity index (χ1) is 13.0. The Labute approximate surface area is 165 Å². The minimum atomic E-state index is -0.640. The van der Waals surface area contributed by atoms with E-state index in [1.807, 2.05) is 24.3 Å². The molecule has 1 atom stereocenters. The molecular formula is C21H25ClN2O3. The van der Waals surface area contributed by atoms with E-state index < -0.39 is 6.10 Å². The zero-order valence-electron chi connectivity index (χ0n) is 15.7. The fraction of sp³-hybridized carbons (Fsp3) is 0.381. The summed E-state index contributed by atoms with van der Waals surface area (Å²) in [4.78, 5) is 14.6. The number of nitrogens with zero attached hydrogens (tertiary/aromatic N) is 1. The molecule has 0 bridgehead atoms. The Morgan fingerprint density at radius 2 is 1.85 bits per heavy atom. The summed E-state index contributed by atoms with van der Waals surface area (Å²) in [6.45, 7) is 3.82. The Balaban J connectivity index is 1.50. The first-order valence-corrected chi connectivity index (χ1v) is 9.56. The Morgan fingerprint density at radius 1 is 1.15 bits per heavy atom. The SMILES string of the molecule is CC(Oc1cccc(Cl)c1)C(=O)Nc1ccc(OC2CCN(C)CC2)cc1. The standard InChI is InChI=1S/C21H25ClN2O3/c1-15(26-20-5-3-4-16(22)14-20)21(25)23-17-6-8-18(9-7-17)27-19-10-12-24(2)13-11-19/h3-9,14-15,19H,10-13H2,1-2H3,(H,23,25). The zero-order chi connectivity index (χ0) is 19.2. The van der Waals surface area contributed by atoms with E-state index in [1.165, 1.54) is 0 Å². The average molecular weight is 389 g/mol. The van der Waals surface area contributed by atoms with Crippen LogP contribution in [0, 0.1) is 0 Å². The van der Waals surface area contributed by atoms with Crippen molar-refractivity contribution < 1.29 is 14.3 Å². The van der Waals surface area contributed by atoms with Gasteiger partial charge in [-0.3, -0.25) is 4.79 Å². The van der Waals surface area contributed by atoms with E-state index >= 15 is 0 Å². The number of hydrogen-bond acceptors (Lipinski definition) is 4. The summed E-state index contributed by atoms with van der Waals surface area (Å²) >= 11 is 5.93. The quantitative estimate of drug-likeness (QED) is 0.805. The lowest BCUT2D eigenvalue weighted by molar-refractivity contribution is -0.122. The lowest BCUT2D eigenvalue weighted by Crippen LogP contribution is -2.35. The van der Waals surface area contributed by atoms with Crippen LogP contribution in [0.2, 0.25) is 5.02 Å². The molecule has 1 amide bonds. The molecule has 0 saturated carbocycles. The highest BCUT2D eigenvalue weighted by Gasteiger charge is 2.18. The van der Waals surface area contributed by atoms with Crippen LogP contribution in [0.4, 0.5) is 5.69 Å². The highest BCUT2D eigenvalue weighted by molar-refractivity contribution is 6.30. The molecule has 1 aliphatic heterocycles. The predicted molar refractivity (Wildman–Crippen MR) is 108 cm³/mol. The van der Waals surface area contributed by atoms with E-state index in [-0.39, 0.29) is 12.0 Å². The van der Waals surface area contributed by atoms with Gasteiger partial charge in [-0.2, -0.15) is 0 Å². The molecule has 1 unspecified atom stereocenters. The van der Waals surface area contributed by atoms with E-state index in [9.17, 15) is 4.79 Å². The van der Waals surface area contributed by atoms with E-state index in [2.05, 4.69) is 17.3 Å². The summed E-state index contributed by atoms with van der Waals surface area (Å²) < 4.78 is 11.7. The second kappa shape index (κ2) is 9.11. The van der Waals surface area contributed by atoms with Gasteiger partial charge >= 0.3 is 0 Å². The number of anilines is 1. The van der Waals surface area contributed by atoms with Crippen LogP contribution in [0.5, 0.6) is 11.5 Å². The molecule has 6 heteroatoms. The van der Waals surface area contributed by atoms with Gasteiger partial charge in [0.05, 0.1) is 0 Å². The molecular weight excluding hydrogens is 364 g/mol. The van der Waals surface area contributed by atoms with Crippen molar-refractivity contribution in [3.8, 4) is 11.5 Å². The van der Waals surface area contributed by atoms with E-state index in [4.69, 9.17) is 21.1 Å². The maximum atomic E-state index is 12.3. The van der Waals surface area contributed by atoms with Crippen LogP contribution < -0.4 is 14.8 Å². The summed E-state index contributed by atoms with van der Waals surface area (Å²) in [7, 11) is 2.13. The van der Waals surface area contributed by atoms with Crippen molar-refractivity contribution in [3.05, 3.63) is 53.6 Å². The van der Waals surface area contributed by atoms with Crippen molar-refractivity contribution in [3.63, 3.8) is 0 Å². The lowest BCUT2D eigenvalue weighted by Gasteiger charge is -2.29. The zero-order valence-corrected chi connectivity index (χ0v) is 16.4. The lowest BCUT2D eigenvalue weighted by atomic mass is 10.1. The van der Waals surface area contributed by atoms with Gasteiger partial charge in [-0.05, 0) is 69.3 Å². The van der Waals surface area contributed by atoms with Crippen molar-refractivity contribution in [2.24, 2.45) is 0 Å². The van der Waals surface area contributed by atoms with Crippen LogP contribution in [0.1, 0.15) is 19.8 Å². The Kier molecular flexibility index (Phi) is 6.58. The first-order valence-electron chi connectivity index (χ1n) is 9.18. The number of carbonyl (C=O) groups excluding carboxylic acids is 1. The van der Waals surface area contributed by atoms with Crippen molar-refractivity contribution in [1.82, 2.24) is 4.90 Å². The van der Waals surface area contributed by atoms with E-state index in [0.29, 0.717) is 16.5 Å². The van der Waals surface area contributed by atoms with Crippen molar-refractivity contribution >= 4 is 23.2 Å². The van der Waals surface area contributed by atoms with Gasteiger partial charge in [0.2, 0.25) is 0 Å². The van der Waals surface area contributed by atoms with Crippen LogP contribution in [-0.2, 0) is 4.79 Å². The van der Waals surface area contributed by atoms with Crippen molar-refractivity contribution in [2.45, 2.75) is 32.0 Å². The Morgan fingerprint density at radius 3 is 2.52 bits per heavy atom. The summed E-state index contributed by atoms with van der Waals surface area (Å²) in [6, 6.07) is 14.4. The third-order valence-electron chi connectivity index (χ3n) is 4.57. The number of hydrogen-bond donors (Lipinski definition) is 1. The number of likely N-dealkylation sites (tertiary alicyclic amines) is 1. The average Bonchev–Trinajstić information content (AvgIpc) is 2.65. The van der Waals surface area contributed by atoms with Gasteiger partial charge < -0.3 is 19.7 Å². The molecule has 1 saturated heterocycles. The largest absolute Gasteiger partial charge is 0.490 e. The maximum Gasteiger partial charge on any atom is 0.265 e. The smallest absolute Gasteiger partial charge is 0.265 e. The normalized spacial score (nSPS) is 16.6. The van der Waals surface area contributed by atoms with Crippen molar-refractivity contribution in [2.75, 3.05) is 25.5 Å². The van der Waals surface area contributed by atoms with Gasteiger partial charge in [0.1, 0.15) is 17.6 Å². The molecule has 1 heterocycles. The van der Waals surface area contributed by atoms with Gasteiger partial charge in [0, 0.05) is 23.8 Å². The molecule has 1 fully saturated rings. The van der Waals surface area contributed by atoms with Gasteiger partial charge in [-0.1, -0.05) is 17.7 Å². The first kappa shape index (κ1) is 19.5. The van der Waals surface area contributed by atoms with Crippen LogP contribution >= 0.6 is 11.6 Å². The minimum absolute atomic E-state index is 0.223. The molecule has 1 N–H and O–H groups in total. The molecule has 2 aromatic rings. The molecule has 0 spiro atoms. The number of rotatable bonds is 6. The van der Waals surface area contributed by atoms with E-state index in [0.717, 1.165) is 31.7 Å². The number of ether oxygens (including phenoxy) is 2. The molecule has 3 rings (SSSR count). The molecule has 0 aromatic heterocycles. The molecule has 0 aliphatic carbocycles. The minimum Gasteiger partial charge on any atom is -0.490 e. The van der Waals surface area contributed by atoms with Crippen molar-refractivity contribution in [1.29, 1.82) is 0 Å². The number of piperidine rings is 1. The Hall–Kier alpha value is -2.24.